The zero-order chi connectivity index (χ0) is 15.7. The lowest BCUT2D eigenvalue weighted by molar-refractivity contribution is 0.00578. The van der Waals surface area contributed by atoms with Crippen LogP contribution in [0.5, 0.6) is 5.75 Å². The average Bonchev–Trinajstić information content (AvgIpc) is 2.65. The molecule has 1 aromatic carbocycles. The van der Waals surface area contributed by atoms with Crippen molar-refractivity contribution in [1.82, 2.24) is 0 Å². The van der Waals surface area contributed by atoms with Crippen molar-refractivity contribution in [2.45, 2.75) is 45.8 Å². The summed E-state index contributed by atoms with van der Waals surface area (Å²) in [6.07, 6.45) is 0. The molecule has 0 spiro atoms. The molecule has 0 bridgehead atoms. The first-order valence-electron chi connectivity index (χ1n) is 7.09. The van der Waals surface area contributed by atoms with Gasteiger partial charge in [0, 0.05) is 5.54 Å². The Morgan fingerprint density at radius 1 is 1.14 bits per heavy atom. The Balaban J connectivity index is 2.04. The molecule has 5 heteroatoms. The van der Waals surface area contributed by atoms with Gasteiger partial charge in [-0.1, -0.05) is 23.7 Å². The first-order chi connectivity index (χ1) is 9.75. The Bertz CT molecular complexity index is 507. The molecule has 0 atom stereocenters. The minimum absolute atomic E-state index is 0.324. The van der Waals surface area contributed by atoms with E-state index in [1.165, 1.54) is 5.54 Å². The maximum atomic E-state index is 6.02. The average molecular weight is 309 g/mol. The summed E-state index contributed by atoms with van der Waals surface area (Å²) < 4.78 is 17.7. The molecule has 0 saturated carbocycles. The van der Waals surface area contributed by atoms with Crippen LogP contribution in [0.15, 0.2) is 35.4 Å². The van der Waals surface area contributed by atoms with E-state index in [0.717, 1.165) is 16.8 Å². The number of hydrogen-bond acceptors (Lipinski definition) is 3. The fourth-order valence-electron chi connectivity index (χ4n) is 1.93. The Labute approximate surface area is 132 Å². The van der Waals surface area contributed by atoms with Crippen molar-refractivity contribution >= 4 is 24.2 Å². The molecule has 1 aliphatic heterocycles. The standard InChI is InChI=1S/C16H22BClO3/c1-12(10-18)11-19-14-8-6-13(7-9-14)17-20-15(2,3)16(4,5)21-17/h6-10H,11H2,1-5H3/b12-10-. The van der Waals surface area contributed by atoms with E-state index in [2.05, 4.69) is 0 Å². The van der Waals surface area contributed by atoms with Crippen LogP contribution < -0.4 is 10.2 Å². The van der Waals surface area contributed by atoms with Gasteiger partial charge < -0.3 is 14.0 Å². The highest BCUT2D eigenvalue weighted by atomic mass is 35.5. The maximum Gasteiger partial charge on any atom is 0.494 e. The monoisotopic (exact) mass is 308 g/mol. The van der Waals surface area contributed by atoms with Gasteiger partial charge in [0.15, 0.2) is 0 Å². The van der Waals surface area contributed by atoms with Crippen molar-refractivity contribution in [2.24, 2.45) is 0 Å². The van der Waals surface area contributed by atoms with E-state index in [9.17, 15) is 0 Å². The number of ether oxygens (including phenoxy) is 1. The summed E-state index contributed by atoms with van der Waals surface area (Å²) >= 11 is 5.61. The number of hydrogen-bond donors (Lipinski definition) is 0. The summed E-state index contributed by atoms with van der Waals surface area (Å²) in [7, 11) is -0.339. The SMILES string of the molecule is C/C(=C/Cl)COc1ccc(B2OC(C)(C)C(C)(C)O2)cc1. The highest BCUT2D eigenvalue weighted by Crippen LogP contribution is 2.36. The van der Waals surface area contributed by atoms with Crippen LogP contribution in [0.25, 0.3) is 0 Å². The molecule has 1 heterocycles. The summed E-state index contributed by atoms with van der Waals surface area (Å²) in [5.41, 5.74) is 2.85. The molecule has 1 fully saturated rings. The Morgan fingerprint density at radius 2 is 1.67 bits per heavy atom. The fourth-order valence-corrected chi connectivity index (χ4v) is 1.99. The second-order valence-corrected chi connectivity index (χ2v) is 6.62. The van der Waals surface area contributed by atoms with Crippen LogP contribution in [-0.2, 0) is 9.31 Å². The first kappa shape index (κ1) is 16.4. The van der Waals surface area contributed by atoms with Crippen molar-refractivity contribution in [3.63, 3.8) is 0 Å². The normalized spacial score (nSPS) is 20.7. The van der Waals surface area contributed by atoms with Crippen LogP contribution in [-0.4, -0.2) is 24.9 Å². The van der Waals surface area contributed by atoms with Crippen LogP contribution in [0.3, 0.4) is 0 Å². The summed E-state index contributed by atoms with van der Waals surface area (Å²) in [5, 5.41) is 0. The lowest BCUT2D eigenvalue weighted by atomic mass is 9.79. The molecule has 21 heavy (non-hydrogen) atoms. The van der Waals surface area contributed by atoms with E-state index in [1.54, 1.807) is 0 Å². The van der Waals surface area contributed by atoms with Gasteiger partial charge in [-0.15, -0.1) is 0 Å². The van der Waals surface area contributed by atoms with Gasteiger partial charge >= 0.3 is 7.12 Å². The molecule has 0 radical (unpaired) electrons. The minimum atomic E-state index is -0.339. The maximum absolute atomic E-state index is 6.02. The summed E-state index contributed by atoms with van der Waals surface area (Å²) in [5.74, 6) is 0.799. The van der Waals surface area contributed by atoms with Gasteiger partial charge in [0.1, 0.15) is 12.4 Å². The molecule has 0 amide bonds. The third-order valence-corrected chi connectivity index (χ3v) is 4.43. The minimum Gasteiger partial charge on any atom is -0.489 e. The molecule has 2 rings (SSSR count). The smallest absolute Gasteiger partial charge is 0.489 e. The van der Waals surface area contributed by atoms with E-state index in [1.807, 2.05) is 58.9 Å². The third kappa shape index (κ3) is 3.63. The van der Waals surface area contributed by atoms with E-state index in [-0.39, 0.29) is 18.3 Å². The largest absolute Gasteiger partial charge is 0.494 e. The van der Waals surface area contributed by atoms with Gasteiger partial charge in [0.05, 0.1) is 11.2 Å². The zero-order valence-corrected chi connectivity index (χ0v) is 14.0. The van der Waals surface area contributed by atoms with Crippen molar-refractivity contribution in [3.8, 4) is 5.75 Å². The lowest BCUT2D eigenvalue weighted by Gasteiger charge is -2.32. The van der Waals surface area contributed by atoms with E-state index < -0.39 is 0 Å². The second kappa shape index (κ2) is 6.03. The van der Waals surface area contributed by atoms with Crippen molar-refractivity contribution in [3.05, 3.63) is 35.4 Å². The van der Waals surface area contributed by atoms with Crippen molar-refractivity contribution in [1.29, 1.82) is 0 Å². The van der Waals surface area contributed by atoms with Crippen LogP contribution in [0.2, 0.25) is 0 Å². The fraction of sp³-hybridized carbons (Fsp3) is 0.500. The van der Waals surface area contributed by atoms with E-state index in [4.69, 9.17) is 25.6 Å². The zero-order valence-electron chi connectivity index (χ0n) is 13.3. The van der Waals surface area contributed by atoms with Gasteiger partial charge in [0.25, 0.3) is 0 Å². The first-order valence-corrected chi connectivity index (χ1v) is 7.53. The predicted molar refractivity (Wildman–Crippen MR) is 87.3 cm³/mol. The van der Waals surface area contributed by atoms with Crippen LogP contribution in [0.1, 0.15) is 34.6 Å². The molecule has 1 aromatic rings. The summed E-state index contributed by atoms with van der Waals surface area (Å²) in [6, 6.07) is 7.78. The predicted octanol–water partition coefficient (Wildman–Crippen LogP) is 3.51. The molecule has 0 aromatic heterocycles. The number of halogens is 1. The van der Waals surface area contributed by atoms with Gasteiger partial charge in [-0.2, -0.15) is 0 Å². The van der Waals surface area contributed by atoms with Gasteiger partial charge in [-0.3, -0.25) is 0 Å². The molecular weight excluding hydrogens is 286 g/mol. The van der Waals surface area contributed by atoms with E-state index >= 15 is 0 Å². The Hall–Kier alpha value is -0.965. The molecular formula is C16H22BClO3. The number of rotatable bonds is 4. The van der Waals surface area contributed by atoms with Gasteiger partial charge in [0.2, 0.25) is 0 Å². The van der Waals surface area contributed by atoms with Crippen molar-refractivity contribution < 1.29 is 14.0 Å². The van der Waals surface area contributed by atoms with Gasteiger partial charge in [-0.25, -0.2) is 0 Å². The topological polar surface area (TPSA) is 27.7 Å². The molecule has 1 saturated heterocycles. The quantitative estimate of drug-likeness (QED) is 0.797. The third-order valence-electron chi connectivity index (χ3n) is 4.06. The molecule has 0 unspecified atom stereocenters. The van der Waals surface area contributed by atoms with E-state index in [0.29, 0.717) is 6.61 Å². The molecule has 0 aliphatic carbocycles. The molecule has 1 aliphatic rings. The number of benzene rings is 1. The Kier molecular flexibility index (Phi) is 4.71. The second-order valence-electron chi connectivity index (χ2n) is 6.40. The molecule has 114 valence electrons. The van der Waals surface area contributed by atoms with Crippen molar-refractivity contribution in [2.75, 3.05) is 6.61 Å². The highest BCUT2D eigenvalue weighted by molar-refractivity contribution is 6.62. The van der Waals surface area contributed by atoms with Gasteiger partial charge in [-0.05, 0) is 57.8 Å². The van der Waals surface area contributed by atoms with Crippen LogP contribution >= 0.6 is 11.6 Å². The molecule has 3 nitrogen and oxygen atoms in total. The molecule has 0 N–H and O–H groups in total. The Morgan fingerprint density at radius 3 is 2.14 bits per heavy atom. The summed E-state index contributed by atoms with van der Waals surface area (Å²) in [6.45, 7) is 10.6. The lowest BCUT2D eigenvalue weighted by Crippen LogP contribution is -2.41. The summed E-state index contributed by atoms with van der Waals surface area (Å²) in [4.78, 5) is 0. The van der Waals surface area contributed by atoms with Crippen LogP contribution in [0.4, 0.5) is 0 Å². The highest BCUT2D eigenvalue weighted by Gasteiger charge is 2.51. The van der Waals surface area contributed by atoms with Crippen LogP contribution in [0, 0.1) is 0 Å².